The summed E-state index contributed by atoms with van der Waals surface area (Å²) in [5.41, 5.74) is 0. The molecule has 218 valence electrons. The van der Waals surface area contributed by atoms with E-state index in [1.54, 1.807) is 0 Å². The third-order valence-corrected chi connectivity index (χ3v) is 16.4. The van der Waals surface area contributed by atoms with E-state index in [9.17, 15) is 0 Å². The molecule has 0 aromatic carbocycles. The van der Waals surface area contributed by atoms with E-state index in [2.05, 4.69) is 111 Å². The maximum Gasteiger partial charge on any atom is 0.167 e. The Kier molecular flexibility index (Phi) is 19.4. The highest BCUT2D eigenvalue weighted by molar-refractivity contribution is 7.59. The lowest BCUT2D eigenvalue weighted by Gasteiger charge is -2.49. The van der Waals surface area contributed by atoms with Crippen LogP contribution in [0.5, 0.6) is 0 Å². The van der Waals surface area contributed by atoms with E-state index in [1.807, 2.05) is 0 Å². The van der Waals surface area contributed by atoms with E-state index in [1.165, 1.54) is 0 Å². The number of rotatable bonds is 21. The molecule has 0 rings (SSSR count). The van der Waals surface area contributed by atoms with Gasteiger partial charge in [0.2, 0.25) is 0 Å². The summed E-state index contributed by atoms with van der Waals surface area (Å²) in [6, 6.07) is 0. The van der Waals surface area contributed by atoms with Crippen molar-refractivity contribution in [2.75, 3.05) is 91.6 Å². The zero-order chi connectivity index (χ0) is 27.8. The predicted molar refractivity (Wildman–Crippen MR) is 166 cm³/mol. The average molecular weight is 551 g/mol. The van der Waals surface area contributed by atoms with Crippen LogP contribution in [0.3, 0.4) is 0 Å². The van der Waals surface area contributed by atoms with E-state index >= 15 is 0 Å². The Morgan fingerprint density at radius 2 is 0.444 bits per heavy atom. The first-order valence-electron chi connectivity index (χ1n) is 15.0. The minimum absolute atomic E-state index is 0.781. The van der Waals surface area contributed by atoms with Crippen molar-refractivity contribution >= 4 is 15.0 Å². The molecule has 0 saturated heterocycles. The van der Waals surface area contributed by atoms with Crippen molar-refractivity contribution in [2.45, 2.75) is 83.1 Å². The normalized spacial score (nSPS) is 13.3. The standard InChI is InChI=1S/C26H64N8P2/c1-13-29(14-2)35(30(15-3)16-4,31(17-5)18-6)27-25-26-28-36(32(19-7)20-8,33(21-9)22-10)34(23-11)24-12/h13-26H2,1-12H3. The van der Waals surface area contributed by atoms with Gasteiger partial charge in [0.15, 0.2) is 15.0 Å². The first kappa shape index (κ1) is 36.2. The molecule has 0 bridgehead atoms. The second kappa shape index (κ2) is 19.3. The first-order chi connectivity index (χ1) is 17.3. The van der Waals surface area contributed by atoms with E-state index in [-0.39, 0.29) is 0 Å². The summed E-state index contributed by atoms with van der Waals surface area (Å²) in [6.07, 6.45) is 0. The van der Waals surface area contributed by atoms with Crippen LogP contribution in [0.25, 0.3) is 0 Å². The average Bonchev–Trinajstić information content (AvgIpc) is 2.90. The van der Waals surface area contributed by atoms with Crippen LogP contribution in [-0.2, 0) is 0 Å². The van der Waals surface area contributed by atoms with Crippen LogP contribution >= 0.6 is 15.0 Å². The zero-order valence-corrected chi connectivity index (χ0v) is 28.2. The SMILES string of the molecule is CCN(CC)P(=NCCN=P(N(CC)CC)(N(CC)CC)N(CC)CC)(N(CC)CC)N(CC)CC. The van der Waals surface area contributed by atoms with Crippen LogP contribution in [0.15, 0.2) is 9.49 Å². The van der Waals surface area contributed by atoms with Crippen molar-refractivity contribution in [3.8, 4) is 0 Å². The van der Waals surface area contributed by atoms with Gasteiger partial charge in [-0.25, -0.2) is 28.0 Å². The van der Waals surface area contributed by atoms with Crippen molar-refractivity contribution < 1.29 is 0 Å². The van der Waals surface area contributed by atoms with Gasteiger partial charge in [0.25, 0.3) is 0 Å². The van der Waals surface area contributed by atoms with Crippen LogP contribution in [0.2, 0.25) is 0 Å². The lowest BCUT2D eigenvalue weighted by Crippen LogP contribution is -2.42. The van der Waals surface area contributed by atoms with Gasteiger partial charge in [-0.2, -0.15) is 0 Å². The first-order valence-corrected chi connectivity index (χ1v) is 18.2. The molecule has 0 saturated carbocycles. The summed E-state index contributed by atoms with van der Waals surface area (Å²) in [4.78, 5) is 0. The fourth-order valence-corrected chi connectivity index (χ4v) is 14.1. The van der Waals surface area contributed by atoms with Crippen LogP contribution < -0.4 is 0 Å². The largest absolute Gasteiger partial charge is 0.259 e. The van der Waals surface area contributed by atoms with E-state index in [0.29, 0.717) is 0 Å². The van der Waals surface area contributed by atoms with Crippen molar-refractivity contribution in [1.29, 1.82) is 0 Å². The lowest BCUT2D eigenvalue weighted by molar-refractivity contribution is 0.336. The zero-order valence-electron chi connectivity index (χ0n) is 26.4. The van der Waals surface area contributed by atoms with Crippen LogP contribution in [0, 0.1) is 0 Å². The Balaban J connectivity index is 7.01. The summed E-state index contributed by atoms with van der Waals surface area (Å²) in [6.45, 7) is 41.3. The molecule has 0 spiro atoms. The molecule has 0 heterocycles. The maximum atomic E-state index is 5.67. The molecule has 0 aromatic heterocycles. The highest BCUT2D eigenvalue weighted by Crippen LogP contribution is 2.60. The Bertz CT molecular complexity index is 516. The summed E-state index contributed by atoms with van der Waals surface area (Å²) in [7, 11) is -3.97. The molecule has 0 aliphatic heterocycles. The molecule has 0 amide bonds. The second-order valence-electron chi connectivity index (χ2n) is 8.64. The van der Waals surface area contributed by atoms with Crippen molar-refractivity contribution in [1.82, 2.24) is 28.0 Å². The Morgan fingerprint density at radius 1 is 0.306 bits per heavy atom. The molecule has 10 heteroatoms. The predicted octanol–water partition coefficient (Wildman–Crippen LogP) is 6.93. The Labute approximate surface area is 227 Å². The smallest absolute Gasteiger partial charge is 0.167 e. The number of hydrogen-bond donors (Lipinski definition) is 0. The van der Waals surface area contributed by atoms with Crippen LogP contribution in [0.1, 0.15) is 83.1 Å². The van der Waals surface area contributed by atoms with Gasteiger partial charge >= 0.3 is 0 Å². The van der Waals surface area contributed by atoms with E-state index in [0.717, 1.165) is 91.6 Å². The van der Waals surface area contributed by atoms with Crippen molar-refractivity contribution in [2.24, 2.45) is 9.49 Å². The van der Waals surface area contributed by atoms with Crippen molar-refractivity contribution in [3.63, 3.8) is 0 Å². The molecule has 0 N–H and O–H groups in total. The summed E-state index contributed by atoms with van der Waals surface area (Å²) < 4.78 is 27.2. The summed E-state index contributed by atoms with van der Waals surface area (Å²) in [5.74, 6) is 0. The molecular formula is C26H64N8P2. The molecule has 0 atom stereocenters. The van der Waals surface area contributed by atoms with Gasteiger partial charge in [0.1, 0.15) is 0 Å². The Hall–Kier alpha value is 0.220. The third-order valence-electron chi connectivity index (χ3n) is 7.34. The minimum atomic E-state index is -1.98. The van der Waals surface area contributed by atoms with Gasteiger partial charge in [-0.05, 0) is 0 Å². The number of nitrogens with zero attached hydrogens (tertiary/aromatic N) is 8. The molecule has 0 aromatic rings. The fraction of sp³-hybridized carbons (Fsp3) is 1.00. The van der Waals surface area contributed by atoms with Gasteiger partial charge in [-0.3, -0.25) is 9.49 Å². The van der Waals surface area contributed by atoms with Gasteiger partial charge in [-0.15, -0.1) is 0 Å². The lowest BCUT2D eigenvalue weighted by atomic mass is 10.7. The molecule has 0 unspecified atom stereocenters. The summed E-state index contributed by atoms with van der Waals surface area (Å²) in [5, 5.41) is 0. The highest BCUT2D eigenvalue weighted by atomic mass is 31.2. The number of hydrogen-bond acceptors (Lipinski definition) is 2. The fourth-order valence-electron chi connectivity index (χ4n) is 5.59. The quantitative estimate of drug-likeness (QED) is 0.114. The monoisotopic (exact) mass is 550 g/mol. The van der Waals surface area contributed by atoms with Gasteiger partial charge < -0.3 is 0 Å². The molecule has 0 radical (unpaired) electrons. The van der Waals surface area contributed by atoms with Crippen molar-refractivity contribution in [3.05, 3.63) is 0 Å². The second-order valence-corrected chi connectivity index (χ2v) is 14.7. The van der Waals surface area contributed by atoms with Gasteiger partial charge in [-0.1, -0.05) is 83.1 Å². The van der Waals surface area contributed by atoms with Gasteiger partial charge in [0, 0.05) is 78.5 Å². The molecule has 8 nitrogen and oxygen atoms in total. The van der Waals surface area contributed by atoms with Gasteiger partial charge in [0.05, 0.1) is 13.1 Å². The maximum absolute atomic E-state index is 5.67. The highest BCUT2D eigenvalue weighted by Gasteiger charge is 2.38. The molecule has 36 heavy (non-hydrogen) atoms. The molecule has 0 aliphatic carbocycles. The topological polar surface area (TPSA) is 44.2 Å². The summed E-state index contributed by atoms with van der Waals surface area (Å²) >= 11 is 0. The minimum Gasteiger partial charge on any atom is -0.259 e. The molecular weight excluding hydrogens is 486 g/mol. The molecule has 0 fully saturated rings. The van der Waals surface area contributed by atoms with E-state index in [4.69, 9.17) is 9.49 Å². The van der Waals surface area contributed by atoms with Crippen LogP contribution in [0.4, 0.5) is 0 Å². The third kappa shape index (κ3) is 7.88. The van der Waals surface area contributed by atoms with E-state index < -0.39 is 15.0 Å². The van der Waals surface area contributed by atoms with Crippen LogP contribution in [-0.4, -0.2) is 120 Å². The molecule has 0 aliphatic rings. The Morgan fingerprint density at radius 3 is 0.556 bits per heavy atom.